The SMILES string of the molecule is CCCCc1ccc(OCC(=O)N2CCCNCC2)cc1. The highest BCUT2D eigenvalue weighted by Gasteiger charge is 2.15. The van der Waals surface area contributed by atoms with Gasteiger partial charge in [0.15, 0.2) is 6.61 Å². The smallest absolute Gasteiger partial charge is 0.260 e. The summed E-state index contributed by atoms with van der Waals surface area (Å²) in [4.78, 5) is 14.0. The number of nitrogens with zero attached hydrogens (tertiary/aromatic N) is 1. The van der Waals surface area contributed by atoms with E-state index in [-0.39, 0.29) is 12.5 Å². The number of nitrogens with one attached hydrogen (secondary N) is 1. The predicted octanol–water partition coefficient (Wildman–Crippen LogP) is 2.23. The van der Waals surface area contributed by atoms with Crippen LogP contribution in [0.3, 0.4) is 0 Å². The maximum absolute atomic E-state index is 12.1. The van der Waals surface area contributed by atoms with E-state index in [1.54, 1.807) is 0 Å². The molecule has 1 heterocycles. The molecule has 4 heteroatoms. The van der Waals surface area contributed by atoms with Crippen LogP contribution in [-0.2, 0) is 11.2 Å². The lowest BCUT2D eigenvalue weighted by Gasteiger charge is -2.20. The van der Waals surface area contributed by atoms with Gasteiger partial charge in [-0.05, 0) is 43.5 Å². The molecule has 2 rings (SSSR count). The van der Waals surface area contributed by atoms with Crippen molar-refractivity contribution in [2.24, 2.45) is 0 Å². The van der Waals surface area contributed by atoms with Crippen LogP contribution in [0.1, 0.15) is 31.7 Å². The van der Waals surface area contributed by atoms with Crippen molar-refractivity contribution in [3.8, 4) is 5.75 Å². The second-order valence-corrected chi connectivity index (χ2v) is 5.52. The largest absolute Gasteiger partial charge is 0.484 e. The van der Waals surface area contributed by atoms with Crippen molar-refractivity contribution in [2.45, 2.75) is 32.6 Å². The molecule has 0 aromatic heterocycles. The summed E-state index contributed by atoms with van der Waals surface area (Å²) in [6.45, 7) is 5.79. The van der Waals surface area contributed by atoms with E-state index in [4.69, 9.17) is 4.74 Å². The minimum atomic E-state index is 0.0776. The summed E-state index contributed by atoms with van der Waals surface area (Å²) >= 11 is 0. The number of hydrogen-bond donors (Lipinski definition) is 1. The molecule has 1 fully saturated rings. The highest BCUT2D eigenvalue weighted by molar-refractivity contribution is 5.77. The number of benzene rings is 1. The fourth-order valence-electron chi connectivity index (χ4n) is 2.46. The average Bonchev–Trinajstić information content (AvgIpc) is 2.81. The standard InChI is InChI=1S/C17H26N2O2/c1-2-3-5-15-6-8-16(9-7-15)21-14-17(20)19-12-4-10-18-11-13-19/h6-9,18H,2-5,10-14H2,1H3. The molecule has 1 aliphatic heterocycles. The van der Waals surface area contributed by atoms with Gasteiger partial charge in [0.2, 0.25) is 0 Å². The average molecular weight is 290 g/mol. The van der Waals surface area contributed by atoms with Crippen LogP contribution in [0.5, 0.6) is 5.75 Å². The Morgan fingerprint density at radius 2 is 2.05 bits per heavy atom. The van der Waals surface area contributed by atoms with Crippen LogP contribution in [0, 0.1) is 0 Å². The molecule has 1 aliphatic rings. The Morgan fingerprint density at radius 1 is 1.24 bits per heavy atom. The van der Waals surface area contributed by atoms with Crippen molar-refractivity contribution in [3.05, 3.63) is 29.8 Å². The number of carbonyl (C=O) groups is 1. The molecule has 0 radical (unpaired) electrons. The van der Waals surface area contributed by atoms with Crippen LogP contribution in [0.25, 0.3) is 0 Å². The van der Waals surface area contributed by atoms with Gasteiger partial charge >= 0.3 is 0 Å². The summed E-state index contributed by atoms with van der Waals surface area (Å²) in [6, 6.07) is 8.10. The topological polar surface area (TPSA) is 41.6 Å². The Labute approximate surface area is 127 Å². The second kappa shape index (κ2) is 8.67. The van der Waals surface area contributed by atoms with Gasteiger partial charge in [-0.2, -0.15) is 0 Å². The lowest BCUT2D eigenvalue weighted by Crippen LogP contribution is -2.37. The molecule has 116 valence electrons. The third-order valence-corrected chi connectivity index (χ3v) is 3.80. The zero-order chi connectivity index (χ0) is 14.9. The molecule has 0 unspecified atom stereocenters. The molecule has 21 heavy (non-hydrogen) atoms. The quantitative estimate of drug-likeness (QED) is 0.873. The first-order chi connectivity index (χ1) is 10.3. The van der Waals surface area contributed by atoms with Gasteiger partial charge in [-0.15, -0.1) is 0 Å². The number of rotatable bonds is 6. The lowest BCUT2D eigenvalue weighted by molar-refractivity contribution is -0.133. The summed E-state index contributed by atoms with van der Waals surface area (Å²) in [5.74, 6) is 0.852. The van der Waals surface area contributed by atoms with Crippen molar-refractivity contribution in [2.75, 3.05) is 32.8 Å². The number of unbranched alkanes of at least 4 members (excludes halogenated alkanes) is 1. The molecule has 1 amide bonds. The Morgan fingerprint density at radius 3 is 2.81 bits per heavy atom. The first kappa shape index (κ1) is 15.8. The van der Waals surface area contributed by atoms with Gasteiger partial charge in [-0.1, -0.05) is 25.5 Å². The Hall–Kier alpha value is -1.55. The molecule has 1 aromatic rings. The highest BCUT2D eigenvalue weighted by Crippen LogP contribution is 2.14. The molecule has 1 N–H and O–H groups in total. The van der Waals surface area contributed by atoms with E-state index >= 15 is 0 Å². The van der Waals surface area contributed by atoms with Crippen LogP contribution >= 0.6 is 0 Å². The Bertz CT molecular complexity index is 423. The summed E-state index contributed by atoms with van der Waals surface area (Å²) in [5, 5.41) is 3.29. The van der Waals surface area contributed by atoms with E-state index in [1.807, 2.05) is 17.0 Å². The van der Waals surface area contributed by atoms with Crippen LogP contribution in [0.2, 0.25) is 0 Å². The Kier molecular flexibility index (Phi) is 6.54. The predicted molar refractivity (Wildman–Crippen MR) is 84.6 cm³/mol. The van der Waals surface area contributed by atoms with Gasteiger partial charge < -0.3 is 15.0 Å². The maximum atomic E-state index is 12.1. The van der Waals surface area contributed by atoms with Crippen molar-refractivity contribution < 1.29 is 9.53 Å². The number of aryl methyl sites for hydroxylation is 1. The van der Waals surface area contributed by atoms with Crippen LogP contribution in [0.4, 0.5) is 0 Å². The second-order valence-electron chi connectivity index (χ2n) is 5.52. The van der Waals surface area contributed by atoms with Gasteiger partial charge in [0, 0.05) is 19.6 Å². The highest BCUT2D eigenvalue weighted by atomic mass is 16.5. The molecular weight excluding hydrogens is 264 g/mol. The lowest BCUT2D eigenvalue weighted by atomic mass is 10.1. The number of ether oxygens (including phenoxy) is 1. The van der Waals surface area contributed by atoms with Crippen molar-refractivity contribution in [1.82, 2.24) is 10.2 Å². The molecule has 1 saturated heterocycles. The third kappa shape index (κ3) is 5.38. The fourth-order valence-corrected chi connectivity index (χ4v) is 2.46. The van der Waals surface area contributed by atoms with Crippen LogP contribution in [0.15, 0.2) is 24.3 Å². The zero-order valence-electron chi connectivity index (χ0n) is 12.9. The number of carbonyl (C=O) groups excluding carboxylic acids is 1. The first-order valence-corrected chi connectivity index (χ1v) is 8.00. The van der Waals surface area contributed by atoms with Gasteiger partial charge in [0.25, 0.3) is 5.91 Å². The Balaban J connectivity index is 1.77. The minimum absolute atomic E-state index is 0.0776. The maximum Gasteiger partial charge on any atom is 0.260 e. The molecule has 0 aliphatic carbocycles. The van der Waals surface area contributed by atoms with Gasteiger partial charge in [0.05, 0.1) is 0 Å². The van der Waals surface area contributed by atoms with Crippen molar-refractivity contribution in [3.63, 3.8) is 0 Å². The van der Waals surface area contributed by atoms with Gasteiger partial charge in [-0.3, -0.25) is 4.79 Å². The first-order valence-electron chi connectivity index (χ1n) is 8.00. The summed E-state index contributed by atoms with van der Waals surface area (Å²) in [6.07, 6.45) is 4.54. The molecule has 0 atom stereocenters. The molecule has 4 nitrogen and oxygen atoms in total. The molecule has 1 aromatic carbocycles. The summed E-state index contributed by atoms with van der Waals surface area (Å²) in [5.41, 5.74) is 1.33. The van der Waals surface area contributed by atoms with Gasteiger partial charge in [0.1, 0.15) is 5.75 Å². The molecule has 0 spiro atoms. The zero-order valence-corrected chi connectivity index (χ0v) is 12.9. The number of hydrogen-bond acceptors (Lipinski definition) is 3. The minimum Gasteiger partial charge on any atom is -0.484 e. The summed E-state index contributed by atoms with van der Waals surface area (Å²) < 4.78 is 5.61. The molecular formula is C17H26N2O2. The van der Waals surface area contributed by atoms with E-state index in [2.05, 4.69) is 24.4 Å². The normalized spacial score (nSPS) is 15.6. The summed E-state index contributed by atoms with van der Waals surface area (Å²) in [7, 11) is 0. The third-order valence-electron chi connectivity index (χ3n) is 3.80. The fraction of sp³-hybridized carbons (Fsp3) is 0.588. The van der Waals surface area contributed by atoms with Crippen molar-refractivity contribution in [1.29, 1.82) is 0 Å². The monoisotopic (exact) mass is 290 g/mol. The van der Waals surface area contributed by atoms with Crippen LogP contribution in [-0.4, -0.2) is 43.6 Å². The van der Waals surface area contributed by atoms with E-state index in [9.17, 15) is 4.79 Å². The van der Waals surface area contributed by atoms with E-state index in [1.165, 1.54) is 18.4 Å². The van der Waals surface area contributed by atoms with E-state index < -0.39 is 0 Å². The van der Waals surface area contributed by atoms with Gasteiger partial charge in [-0.25, -0.2) is 0 Å². The number of amides is 1. The van der Waals surface area contributed by atoms with E-state index in [0.29, 0.717) is 0 Å². The molecule has 0 saturated carbocycles. The van der Waals surface area contributed by atoms with E-state index in [0.717, 1.165) is 44.8 Å². The van der Waals surface area contributed by atoms with Crippen LogP contribution < -0.4 is 10.1 Å². The molecule has 0 bridgehead atoms. The van der Waals surface area contributed by atoms with Crippen molar-refractivity contribution >= 4 is 5.91 Å².